The van der Waals surface area contributed by atoms with Crippen LogP contribution >= 0.6 is 34.2 Å². The minimum atomic E-state index is -0.373. The molecule has 1 aliphatic heterocycles. The summed E-state index contributed by atoms with van der Waals surface area (Å²) in [7, 11) is 0. The molecule has 0 aromatic carbocycles. The molecule has 0 atom stereocenters. The number of carbonyl (C=O) groups excluding carboxylic acids is 1. The summed E-state index contributed by atoms with van der Waals surface area (Å²) in [6.45, 7) is 1.88. The summed E-state index contributed by atoms with van der Waals surface area (Å²) in [4.78, 5) is 23.4. The van der Waals surface area contributed by atoms with Gasteiger partial charge in [-0.1, -0.05) is 11.6 Å². The van der Waals surface area contributed by atoms with Crippen molar-refractivity contribution >= 4 is 43.9 Å². The number of hydrogen-bond donors (Lipinski definition) is 0. The Hall–Kier alpha value is -0.760. The number of nitrogens with zero attached hydrogens (tertiary/aromatic N) is 3. The third-order valence-electron chi connectivity index (χ3n) is 1.97. The van der Waals surface area contributed by atoms with Gasteiger partial charge in [0.1, 0.15) is 21.7 Å². The minimum Gasteiger partial charge on any atom is -0.459 e. The Morgan fingerprint density at radius 3 is 3.00 bits per heavy atom. The molecule has 16 heavy (non-hydrogen) atoms. The third kappa shape index (κ3) is 2.32. The van der Waals surface area contributed by atoms with Crippen molar-refractivity contribution < 1.29 is 9.53 Å². The number of carbonyl (C=O) groups is 1. The van der Waals surface area contributed by atoms with Crippen LogP contribution in [-0.4, -0.2) is 19.7 Å². The van der Waals surface area contributed by atoms with Gasteiger partial charge < -0.3 is 4.74 Å². The molecule has 0 radical (unpaired) electrons. The number of ether oxygens (including phenoxy) is 1. The largest absolute Gasteiger partial charge is 0.459 e. The Morgan fingerprint density at radius 1 is 1.56 bits per heavy atom. The third-order valence-corrected chi connectivity index (χ3v) is 3.12. The molecule has 0 N–H and O–H groups in total. The lowest BCUT2D eigenvalue weighted by molar-refractivity contribution is -0.142. The first-order chi connectivity index (χ1) is 7.58. The molecule has 1 aromatic heterocycles. The number of rotatable bonds is 2. The second-order valence-electron chi connectivity index (χ2n) is 3.14. The second kappa shape index (κ2) is 4.62. The lowest BCUT2D eigenvalue weighted by atomic mass is 10.3. The number of fused-ring (bicyclic) bond motifs is 1. The van der Waals surface area contributed by atoms with Gasteiger partial charge in [-0.25, -0.2) is 9.97 Å². The van der Waals surface area contributed by atoms with Gasteiger partial charge in [0, 0.05) is 6.92 Å². The van der Waals surface area contributed by atoms with Crippen LogP contribution in [0.1, 0.15) is 24.0 Å². The van der Waals surface area contributed by atoms with Gasteiger partial charge in [0.25, 0.3) is 0 Å². The van der Waals surface area contributed by atoms with Crippen LogP contribution in [0, 0.1) is 0 Å². The van der Waals surface area contributed by atoms with E-state index in [1.807, 2.05) is 0 Å². The van der Waals surface area contributed by atoms with Gasteiger partial charge in [-0.15, -0.1) is 0 Å². The van der Waals surface area contributed by atoms with Crippen molar-refractivity contribution in [3.63, 3.8) is 0 Å². The molecule has 0 saturated heterocycles. The smallest absolute Gasteiger partial charge is 0.303 e. The first-order valence-corrected chi connectivity index (χ1v) is 5.92. The highest BCUT2D eigenvalue weighted by Gasteiger charge is 2.20. The van der Waals surface area contributed by atoms with Crippen LogP contribution in [0.25, 0.3) is 0 Å². The van der Waals surface area contributed by atoms with Crippen molar-refractivity contribution in [2.24, 2.45) is 4.99 Å². The van der Waals surface area contributed by atoms with Crippen molar-refractivity contribution in [1.29, 1.82) is 0 Å². The summed E-state index contributed by atoms with van der Waals surface area (Å²) in [6, 6.07) is 0. The molecule has 1 aliphatic rings. The lowest BCUT2D eigenvalue weighted by Gasteiger charge is -2.05. The molecule has 7 heteroatoms. The number of hydrogen-bond acceptors (Lipinski definition) is 5. The van der Waals surface area contributed by atoms with E-state index in [1.54, 1.807) is 0 Å². The Kier molecular flexibility index (Phi) is 3.38. The van der Waals surface area contributed by atoms with E-state index in [2.05, 4.69) is 37.6 Å². The molecule has 0 bridgehead atoms. The molecule has 0 spiro atoms. The number of esters is 1. The monoisotopic (exact) mass is 351 g/mol. The van der Waals surface area contributed by atoms with Crippen LogP contribution in [-0.2, 0) is 22.7 Å². The number of aromatic nitrogens is 2. The zero-order valence-electron chi connectivity index (χ0n) is 8.33. The van der Waals surface area contributed by atoms with E-state index in [0.29, 0.717) is 12.2 Å². The van der Waals surface area contributed by atoms with Gasteiger partial charge in [-0.05, 0) is 22.6 Å². The highest BCUT2D eigenvalue weighted by molar-refractivity contribution is 14.1. The molecular formula is C9H7ClIN3O2. The van der Waals surface area contributed by atoms with Gasteiger partial charge in [0.2, 0.25) is 0 Å². The Bertz CT molecular complexity index is 490. The minimum absolute atomic E-state index is 0.0400. The SMILES string of the molecule is CC(=O)OCc1nc2c(nc1Cl)CN=C2I. The fourth-order valence-corrected chi connectivity index (χ4v) is 2.04. The van der Waals surface area contributed by atoms with Gasteiger partial charge in [-0.3, -0.25) is 9.79 Å². The molecule has 0 unspecified atom stereocenters. The first-order valence-electron chi connectivity index (χ1n) is 4.47. The highest BCUT2D eigenvalue weighted by atomic mass is 127. The molecule has 0 aliphatic carbocycles. The van der Waals surface area contributed by atoms with E-state index in [9.17, 15) is 4.79 Å². The van der Waals surface area contributed by atoms with Crippen LogP contribution in [0.3, 0.4) is 0 Å². The average molecular weight is 352 g/mol. The second-order valence-corrected chi connectivity index (χ2v) is 4.52. The Balaban J connectivity index is 2.29. The van der Waals surface area contributed by atoms with E-state index >= 15 is 0 Å². The molecule has 0 saturated carbocycles. The predicted molar refractivity (Wildman–Crippen MR) is 66.8 cm³/mol. The van der Waals surface area contributed by atoms with Crippen LogP contribution in [0.5, 0.6) is 0 Å². The predicted octanol–water partition coefficient (Wildman–Crippen LogP) is 1.89. The number of halogens is 2. The van der Waals surface area contributed by atoms with Gasteiger partial charge >= 0.3 is 5.97 Å². The Labute approximate surface area is 110 Å². The maximum Gasteiger partial charge on any atom is 0.303 e. The molecule has 0 amide bonds. The molecule has 0 fully saturated rings. The van der Waals surface area contributed by atoms with Crippen molar-refractivity contribution in [3.05, 3.63) is 22.2 Å². The molecule has 2 rings (SSSR count). The van der Waals surface area contributed by atoms with Crippen LogP contribution < -0.4 is 0 Å². The first kappa shape index (κ1) is 11.7. The number of aliphatic imine (C=N–C) groups is 1. The topological polar surface area (TPSA) is 64.4 Å². The van der Waals surface area contributed by atoms with Crippen LogP contribution in [0.2, 0.25) is 5.15 Å². The summed E-state index contributed by atoms with van der Waals surface area (Å²) in [5.74, 6) is -0.373. The zero-order valence-corrected chi connectivity index (χ0v) is 11.2. The zero-order chi connectivity index (χ0) is 11.7. The van der Waals surface area contributed by atoms with E-state index in [-0.39, 0.29) is 17.7 Å². The molecule has 5 nitrogen and oxygen atoms in total. The van der Waals surface area contributed by atoms with E-state index in [0.717, 1.165) is 15.1 Å². The maximum atomic E-state index is 10.7. The van der Waals surface area contributed by atoms with Crippen LogP contribution in [0.15, 0.2) is 4.99 Å². The summed E-state index contributed by atoms with van der Waals surface area (Å²) >= 11 is 8.01. The quantitative estimate of drug-likeness (QED) is 0.603. The molecule has 2 heterocycles. The average Bonchev–Trinajstić information content (AvgIpc) is 2.56. The molecule has 84 valence electrons. The van der Waals surface area contributed by atoms with Crippen molar-refractivity contribution in [2.75, 3.05) is 0 Å². The van der Waals surface area contributed by atoms with Crippen molar-refractivity contribution in [3.8, 4) is 0 Å². The lowest BCUT2D eigenvalue weighted by Crippen LogP contribution is -2.07. The van der Waals surface area contributed by atoms with Crippen molar-refractivity contribution in [2.45, 2.75) is 20.1 Å². The van der Waals surface area contributed by atoms with Gasteiger partial charge in [0.15, 0.2) is 5.15 Å². The maximum absolute atomic E-state index is 10.7. The van der Waals surface area contributed by atoms with E-state index < -0.39 is 0 Å². The van der Waals surface area contributed by atoms with Crippen molar-refractivity contribution in [1.82, 2.24) is 9.97 Å². The molecule has 1 aromatic rings. The Morgan fingerprint density at radius 2 is 2.31 bits per heavy atom. The normalized spacial score (nSPS) is 13.3. The fourth-order valence-electron chi connectivity index (χ4n) is 1.24. The summed E-state index contributed by atoms with van der Waals surface area (Å²) in [6.07, 6.45) is 0. The highest BCUT2D eigenvalue weighted by Crippen LogP contribution is 2.22. The standard InChI is InChI=1S/C9H7ClIN3O2/c1-4(15)16-3-6-8(10)14-5-2-12-9(11)7(5)13-6/h2-3H2,1H3. The summed E-state index contributed by atoms with van der Waals surface area (Å²) in [5, 5.41) is 0.265. The molecular weight excluding hydrogens is 344 g/mol. The van der Waals surface area contributed by atoms with E-state index in [4.69, 9.17) is 16.3 Å². The summed E-state index contributed by atoms with van der Waals surface area (Å²) < 4.78 is 5.64. The van der Waals surface area contributed by atoms with Gasteiger partial charge in [-0.2, -0.15) is 0 Å². The van der Waals surface area contributed by atoms with Gasteiger partial charge in [0.05, 0.1) is 12.2 Å². The fraction of sp³-hybridized carbons (Fsp3) is 0.333. The van der Waals surface area contributed by atoms with E-state index in [1.165, 1.54) is 6.92 Å². The van der Waals surface area contributed by atoms with Crippen LogP contribution in [0.4, 0.5) is 0 Å². The summed E-state index contributed by atoms with van der Waals surface area (Å²) in [5.41, 5.74) is 1.95.